The number of likely N-dealkylation sites (N-methyl/N-ethyl adjacent to an activating group) is 1. The molecule has 2 rings (SSSR count). The van der Waals surface area contributed by atoms with E-state index in [0.717, 1.165) is 52.1 Å². The molecule has 1 aliphatic carbocycles. The smallest absolute Gasteiger partial charge is 0.325 e. The number of nitrogens with one attached hydrogen (secondary N) is 1. The summed E-state index contributed by atoms with van der Waals surface area (Å²) in [6, 6.07) is 0. The summed E-state index contributed by atoms with van der Waals surface area (Å²) in [5.41, 5.74) is -0.727. The predicted molar refractivity (Wildman–Crippen MR) is 84.5 cm³/mol. The van der Waals surface area contributed by atoms with Crippen LogP contribution in [0.25, 0.3) is 0 Å². The highest BCUT2D eigenvalue weighted by atomic mass is 16.4. The second-order valence-corrected chi connectivity index (χ2v) is 7.05. The van der Waals surface area contributed by atoms with Crippen molar-refractivity contribution in [1.82, 2.24) is 15.1 Å². The number of rotatable bonds is 8. The van der Waals surface area contributed by atoms with Crippen molar-refractivity contribution in [2.75, 3.05) is 45.8 Å². The highest BCUT2D eigenvalue weighted by molar-refractivity contribution is 5.80. The third kappa shape index (κ3) is 4.18. The number of hydrogen-bond donors (Lipinski definition) is 2. The summed E-state index contributed by atoms with van der Waals surface area (Å²) in [7, 11) is 0. The lowest BCUT2D eigenvalue weighted by Crippen LogP contribution is -2.62. The second kappa shape index (κ2) is 7.07. The molecule has 2 fully saturated rings. The summed E-state index contributed by atoms with van der Waals surface area (Å²) >= 11 is 0. The molecule has 0 aromatic rings. The van der Waals surface area contributed by atoms with Crippen molar-refractivity contribution in [3.05, 3.63) is 0 Å². The second-order valence-electron chi connectivity index (χ2n) is 7.05. The number of aliphatic carboxylic acids is 1. The third-order valence-electron chi connectivity index (χ3n) is 4.71. The summed E-state index contributed by atoms with van der Waals surface area (Å²) in [4.78, 5) is 16.7. The van der Waals surface area contributed by atoms with E-state index in [-0.39, 0.29) is 0 Å². The molecule has 2 N–H and O–H groups in total. The van der Waals surface area contributed by atoms with E-state index < -0.39 is 11.5 Å². The number of hydrogen-bond acceptors (Lipinski definition) is 4. The third-order valence-corrected chi connectivity index (χ3v) is 4.71. The fourth-order valence-electron chi connectivity index (χ4n) is 3.54. The van der Waals surface area contributed by atoms with Crippen molar-refractivity contribution in [2.24, 2.45) is 11.8 Å². The molecule has 122 valence electrons. The van der Waals surface area contributed by atoms with Gasteiger partial charge in [-0.3, -0.25) is 9.69 Å². The van der Waals surface area contributed by atoms with Gasteiger partial charge in [-0.2, -0.15) is 0 Å². The van der Waals surface area contributed by atoms with E-state index in [1.165, 1.54) is 0 Å². The van der Waals surface area contributed by atoms with Crippen LogP contribution in [-0.4, -0.2) is 72.2 Å². The first-order valence-electron chi connectivity index (χ1n) is 8.41. The van der Waals surface area contributed by atoms with Crippen LogP contribution in [0, 0.1) is 11.8 Å². The Morgan fingerprint density at radius 1 is 1.24 bits per heavy atom. The van der Waals surface area contributed by atoms with Gasteiger partial charge in [-0.1, -0.05) is 20.8 Å². The molecule has 1 heterocycles. The van der Waals surface area contributed by atoms with Gasteiger partial charge in [-0.15, -0.1) is 0 Å². The molecule has 1 unspecified atom stereocenters. The van der Waals surface area contributed by atoms with Crippen molar-refractivity contribution in [2.45, 2.75) is 39.2 Å². The van der Waals surface area contributed by atoms with Crippen molar-refractivity contribution in [3.63, 3.8) is 0 Å². The Balaban J connectivity index is 1.91. The quantitative estimate of drug-likeness (QED) is 0.703. The molecule has 1 saturated carbocycles. The van der Waals surface area contributed by atoms with Gasteiger partial charge in [-0.05, 0) is 31.2 Å². The summed E-state index contributed by atoms with van der Waals surface area (Å²) in [6.45, 7) is 13.1. The summed E-state index contributed by atoms with van der Waals surface area (Å²) in [6.07, 6.45) is 2.10. The average molecular weight is 297 g/mol. The van der Waals surface area contributed by atoms with Crippen molar-refractivity contribution >= 4 is 5.97 Å². The number of carboxylic acids is 1. The first-order chi connectivity index (χ1) is 9.98. The Labute approximate surface area is 128 Å². The van der Waals surface area contributed by atoms with Crippen LogP contribution < -0.4 is 5.32 Å². The monoisotopic (exact) mass is 297 g/mol. The highest BCUT2D eigenvalue weighted by Crippen LogP contribution is 2.40. The SMILES string of the molecule is CCNC(CN1CCN(CC(C)C)CC1)(C(=O)O)C1CC1. The Hall–Kier alpha value is -0.650. The van der Waals surface area contributed by atoms with E-state index in [2.05, 4.69) is 29.0 Å². The molecule has 0 bridgehead atoms. The van der Waals surface area contributed by atoms with Gasteiger partial charge in [0.2, 0.25) is 0 Å². The van der Waals surface area contributed by atoms with Crippen LogP contribution in [0.3, 0.4) is 0 Å². The van der Waals surface area contributed by atoms with Crippen LogP contribution in [0.4, 0.5) is 0 Å². The minimum absolute atomic E-state index is 0.309. The Morgan fingerprint density at radius 3 is 2.24 bits per heavy atom. The fourth-order valence-corrected chi connectivity index (χ4v) is 3.54. The Bertz CT molecular complexity index is 349. The van der Waals surface area contributed by atoms with Gasteiger partial charge in [0.15, 0.2) is 0 Å². The zero-order chi connectivity index (χ0) is 15.5. The first-order valence-corrected chi connectivity index (χ1v) is 8.41. The zero-order valence-corrected chi connectivity index (χ0v) is 13.8. The minimum Gasteiger partial charge on any atom is -0.480 e. The van der Waals surface area contributed by atoms with E-state index in [0.29, 0.717) is 18.4 Å². The van der Waals surface area contributed by atoms with Gasteiger partial charge in [-0.25, -0.2) is 0 Å². The van der Waals surface area contributed by atoms with E-state index in [4.69, 9.17) is 0 Å². The van der Waals surface area contributed by atoms with E-state index >= 15 is 0 Å². The summed E-state index contributed by atoms with van der Waals surface area (Å²) < 4.78 is 0. The molecule has 0 spiro atoms. The number of carbonyl (C=O) groups is 1. The van der Waals surface area contributed by atoms with E-state index in [1.54, 1.807) is 0 Å². The van der Waals surface area contributed by atoms with Gasteiger partial charge in [0, 0.05) is 39.3 Å². The first kappa shape index (κ1) is 16.7. The molecule has 1 aliphatic heterocycles. The minimum atomic E-state index is -0.727. The molecular weight excluding hydrogens is 266 g/mol. The molecule has 1 atom stereocenters. The number of nitrogens with zero attached hydrogens (tertiary/aromatic N) is 2. The predicted octanol–water partition coefficient (Wildman–Crippen LogP) is 1.10. The Kier molecular flexibility index (Phi) is 5.63. The van der Waals surface area contributed by atoms with Crippen LogP contribution in [-0.2, 0) is 4.79 Å². The maximum absolute atomic E-state index is 11.9. The van der Waals surface area contributed by atoms with E-state index in [9.17, 15) is 9.90 Å². The van der Waals surface area contributed by atoms with Crippen molar-refractivity contribution in [3.8, 4) is 0 Å². The summed E-state index contributed by atoms with van der Waals surface area (Å²) in [5.74, 6) is 0.336. The topological polar surface area (TPSA) is 55.8 Å². The molecule has 0 amide bonds. The molecule has 5 heteroatoms. The molecule has 21 heavy (non-hydrogen) atoms. The molecule has 0 aromatic heterocycles. The maximum atomic E-state index is 11.9. The molecule has 5 nitrogen and oxygen atoms in total. The van der Waals surface area contributed by atoms with Crippen LogP contribution in [0.15, 0.2) is 0 Å². The van der Waals surface area contributed by atoms with Gasteiger partial charge in [0.1, 0.15) is 5.54 Å². The lowest BCUT2D eigenvalue weighted by atomic mass is 9.92. The van der Waals surface area contributed by atoms with Crippen molar-refractivity contribution in [1.29, 1.82) is 0 Å². The lowest BCUT2D eigenvalue weighted by molar-refractivity contribution is -0.147. The van der Waals surface area contributed by atoms with Gasteiger partial charge in [0.25, 0.3) is 0 Å². The standard InChI is InChI=1S/C16H31N3O2/c1-4-17-16(15(20)21,14-5-6-14)12-19-9-7-18(8-10-19)11-13(2)3/h13-14,17H,4-12H2,1-3H3,(H,20,21). The maximum Gasteiger partial charge on any atom is 0.325 e. The zero-order valence-electron chi connectivity index (χ0n) is 13.8. The largest absolute Gasteiger partial charge is 0.480 e. The van der Waals surface area contributed by atoms with Gasteiger partial charge >= 0.3 is 5.97 Å². The molecule has 2 aliphatic rings. The molecule has 0 radical (unpaired) electrons. The molecule has 0 aromatic carbocycles. The fraction of sp³-hybridized carbons (Fsp3) is 0.938. The van der Waals surface area contributed by atoms with Crippen LogP contribution in [0.2, 0.25) is 0 Å². The molecule has 1 saturated heterocycles. The van der Waals surface area contributed by atoms with Crippen molar-refractivity contribution < 1.29 is 9.90 Å². The average Bonchev–Trinajstić information content (AvgIpc) is 3.24. The number of piperazine rings is 1. The van der Waals surface area contributed by atoms with Crippen LogP contribution in [0.5, 0.6) is 0 Å². The highest BCUT2D eigenvalue weighted by Gasteiger charge is 2.51. The molecular formula is C16H31N3O2. The van der Waals surface area contributed by atoms with Crippen LogP contribution in [0.1, 0.15) is 33.6 Å². The van der Waals surface area contributed by atoms with Crippen LogP contribution >= 0.6 is 0 Å². The summed E-state index contributed by atoms with van der Waals surface area (Å²) in [5, 5.41) is 13.1. The number of carboxylic acid groups (broad SMARTS) is 1. The van der Waals surface area contributed by atoms with Gasteiger partial charge < -0.3 is 15.3 Å². The van der Waals surface area contributed by atoms with E-state index in [1.807, 2.05) is 6.92 Å². The Morgan fingerprint density at radius 2 is 1.81 bits per heavy atom. The van der Waals surface area contributed by atoms with Gasteiger partial charge in [0.05, 0.1) is 0 Å². The lowest BCUT2D eigenvalue weighted by Gasteiger charge is -2.41. The normalized spacial score (nSPS) is 24.2.